The summed E-state index contributed by atoms with van der Waals surface area (Å²) in [6.07, 6.45) is 2.62. The predicted molar refractivity (Wildman–Crippen MR) is 79.7 cm³/mol. The van der Waals surface area contributed by atoms with Gasteiger partial charge >= 0.3 is 0 Å². The predicted octanol–water partition coefficient (Wildman–Crippen LogP) is 2.05. The van der Waals surface area contributed by atoms with Crippen molar-refractivity contribution < 1.29 is 13.9 Å². The first-order valence-electron chi connectivity index (χ1n) is 7.51. The maximum Gasteiger partial charge on any atom is 0.225 e. The molecule has 1 amide bonds. The maximum atomic E-state index is 12.7. The minimum absolute atomic E-state index is 0.161. The van der Waals surface area contributed by atoms with Gasteiger partial charge in [0.05, 0.1) is 6.61 Å². The second-order valence-electron chi connectivity index (χ2n) is 5.44. The molecule has 2 rings (SSSR count). The number of hydrogen-bond acceptors (Lipinski definition) is 3. The van der Waals surface area contributed by atoms with Crippen LogP contribution in [0.15, 0.2) is 24.3 Å². The molecule has 0 atom stereocenters. The van der Waals surface area contributed by atoms with Crippen molar-refractivity contribution in [3.05, 3.63) is 30.1 Å². The van der Waals surface area contributed by atoms with Crippen molar-refractivity contribution in [3.8, 4) is 5.75 Å². The summed E-state index contributed by atoms with van der Waals surface area (Å²) < 4.78 is 18.3. The van der Waals surface area contributed by atoms with Gasteiger partial charge in [-0.25, -0.2) is 4.39 Å². The topological polar surface area (TPSA) is 41.6 Å². The van der Waals surface area contributed by atoms with E-state index in [2.05, 4.69) is 5.32 Å². The number of rotatable bonds is 6. The molecule has 1 N–H and O–H groups in total. The van der Waals surface area contributed by atoms with Crippen LogP contribution < -0.4 is 10.1 Å². The van der Waals surface area contributed by atoms with Gasteiger partial charge in [-0.3, -0.25) is 4.79 Å². The van der Waals surface area contributed by atoms with Crippen LogP contribution in [0.3, 0.4) is 0 Å². The van der Waals surface area contributed by atoms with Gasteiger partial charge in [-0.1, -0.05) is 0 Å². The molecule has 1 aromatic rings. The van der Waals surface area contributed by atoms with Crippen LogP contribution in [-0.2, 0) is 4.79 Å². The molecule has 1 heterocycles. The lowest BCUT2D eigenvalue weighted by atomic mass is 9.97. The molecule has 21 heavy (non-hydrogen) atoms. The SMILES string of the molecule is CN(CCCOc1ccc(F)cc1)C(=O)C1CCNCC1. The van der Waals surface area contributed by atoms with Crippen LogP contribution in [0.1, 0.15) is 19.3 Å². The number of amides is 1. The van der Waals surface area contributed by atoms with E-state index >= 15 is 0 Å². The highest BCUT2D eigenvalue weighted by atomic mass is 19.1. The van der Waals surface area contributed by atoms with E-state index in [1.807, 2.05) is 7.05 Å². The Bertz CT molecular complexity index is 444. The van der Waals surface area contributed by atoms with Gasteiger partial charge in [0.15, 0.2) is 0 Å². The smallest absolute Gasteiger partial charge is 0.225 e. The quantitative estimate of drug-likeness (QED) is 0.817. The van der Waals surface area contributed by atoms with Crippen molar-refractivity contribution >= 4 is 5.91 Å². The van der Waals surface area contributed by atoms with Gasteiger partial charge in [0, 0.05) is 19.5 Å². The average molecular weight is 294 g/mol. The second kappa shape index (κ2) is 7.98. The Morgan fingerprint density at radius 2 is 2.00 bits per heavy atom. The van der Waals surface area contributed by atoms with E-state index in [1.54, 1.807) is 17.0 Å². The third-order valence-electron chi connectivity index (χ3n) is 3.78. The van der Waals surface area contributed by atoms with Crippen molar-refractivity contribution in [2.75, 3.05) is 33.3 Å². The Hall–Kier alpha value is -1.62. The fourth-order valence-electron chi connectivity index (χ4n) is 2.51. The van der Waals surface area contributed by atoms with Gasteiger partial charge < -0.3 is 15.0 Å². The largest absolute Gasteiger partial charge is 0.494 e. The molecular formula is C16H23FN2O2. The van der Waals surface area contributed by atoms with E-state index in [-0.39, 0.29) is 17.6 Å². The third kappa shape index (κ3) is 5.01. The van der Waals surface area contributed by atoms with Crippen LogP contribution in [0.4, 0.5) is 4.39 Å². The fraction of sp³-hybridized carbons (Fsp3) is 0.562. The molecule has 0 aromatic heterocycles. The number of nitrogens with one attached hydrogen (secondary N) is 1. The normalized spacial score (nSPS) is 15.7. The fourth-order valence-corrected chi connectivity index (χ4v) is 2.51. The molecule has 0 saturated carbocycles. The minimum Gasteiger partial charge on any atom is -0.494 e. The van der Waals surface area contributed by atoms with E-state index in [0.717, 1.165) is 32.4 Å². The van der Waals surface area contributed by atoms with E-state index in [0.29, 0.717) is 18.9 Å². The Morgan fingerprint density at radius 3 is 2.67 bits per heavy atom. The lowest BCUT2D eigenvalue weighted by Crippen LogP contribution is -2.39. The molecule has 1 saturated heterocycles. The van der Waals surface area contributed by atoms with Crippen LogP contribution >= 0.6 is 0 Å². The Kier molecular flexibility index (Phi) is 5.99. The van der Waals surface area contributed by atoms with Crippen molar-refractivity contribution in [2.45, 2.75) is 19.3 Å². The highest BCUT2D eigenvalue weighted by Crippen LogP contribution is 2.15. The zero-order chi connectivity index (χ0) is 15.1. The molecule has 1 aliphatic heterocycles. The van der Waals surface area contributed by atoms with Crippen molar-refractivity contribution in [1.82, 2.24) is 10.2 Å². The molecule has 1 fully saturated rings. The first kappa shape index (κ1) is 15.8. The molecule has 0 spiro atoms. The highest BCUT2D eigenvalue weighted by molar-refractivity contribution is 5.78. The summed E-state index contributed by atoms with van der Waals surface area (Å²) in [5, 5.41) is 3.27. The molecular weight excluding hydrogens is 271 g/mol. The van der Waals surface area contributed by atoms with Crippen LogP contribution in [-0.4, -0.2) is 44.1 Å². The zero-order valence-corrected chi connectivity index (χ0v) is 12.5. The van der Waals surface area contributed by atoms with Crippen molar-refractivity contribution in [3.63, 3.8) is 0 Å². The summed E-state index contributed by atoms with van der Waals surface area (Å²) >= 11 is 0. The van der Waals surface area contributed by atoms with Gasteiger partial charge in [0.1, 0.15) is 11.6 Å². The number of piperidine rings is 1. The zero-order valence-electron chi connectivity index (χ0n) is 12.5. The van der Waals surface area contributed by atoms with Gasteiger partial charge in [-0.15, -0.1) is 0 Å². The Balaban J connectivity index is 1.65. The molecule has 116 valence electrons. The van der Waals surface area contributed by atoms with Crippen molar-refractivity contribution in [2.24, 2.45) is 5.92 Å². The average Bonchev–Trinajstić information content (AvgIpc) is 2.53. The van der Waals surface area contributed by atoms with Crippen LogP contribution in [0.2, 0.25) is 0 Å². The van der Waals surface area contributed by atoms with Crippen LogP contribution in [0.5, 0.6) is 5.75 Å². The summed E-state index contributed by atoms with van der Waals surface area (Å²) in [5.41, 5.74) is 0. The standard InChI is InChI=1S/C16H23FN2O2/c1-19(16(20)13-7-9-18-10-8-13)11-2-12-21-15-5-3-14(17)4-6-15/h3-6,13,18H,2,7-12H2,1H3. The first-order chi connectivity index (χ1) is 10.2. The summed E-state index contributed by atoms with van der Waals surface area (Å²) in [6, 6.07) is 5.97. The number of halogens is 1. The number of benzene rings is 1. The number of ether oxygens (including phenoxy) is 1. The number of nitrogens with zero attached hydrogens (tertiary/aromatic N) is 1. The lowest BCUT2D eigenvalue weighted by Gasteiger charge is -2.26. The van der Waals surface area contributed by atoms with E-state index in [9.17, 15) is 9.18 Å². The van der Waals surface area contributed by atoms with E-state index in [1.165, 1.54) is 12.1 Å². The molecule has 0 bridgehead atoms. The summed E-state index contributed by atoms with van der Waals surface area (Å²) in [5.74, 6) is 0.783. The highest BCUT2D eigenvalue weighted by Gasteiger charge is 2.23. The Morgan fingerprint density at radius 1 is 1.33 bits per heavy atom. The molecule has 4 nitrogen and oxygen atoms in total. The summed E-state index contributed by atoms with van der Waals surface area (Å²) in [4.78, 5) is 14.0. The van der Waals surface area contributed by atoms with E-state index in [4.69, 9.17) is 4.74 Å². The minimum atomic E-state index is -0.269. The molecule has 5 heteroatoms. The molecule has 0 radical (unpaired) electrons. The van der Waals surface area contributed by atoms with E-state index < -0.39 is 0 Å². The number of hydrogen-bond donors (Lipinski definition) is 1. The number of carbonyl (C=O) groups is 1. The van der Waals surface area contributed by atoms with Gasteiger partial charge in [-0.05, 0) is 56.6 Å². The monoisotopic (exact) mass is 294 g/mol. The van der Waals surface area contributed by atoms with Crippen LogP contribution in [0.25, 0.3) is 0 Å². The van der Waals surface area contributed by atoms with Gasteiger partial charge in [-0.2, -0.15) is 0 Å². The number of carbonyl (C=O) groups excluding carboxylic acids is 1. The molecule has 0 aliphatic carbocycles. The summed E-state index contributed by atoms with van der Waals surface area (Å²) in [6.45, 7) is 3.06. The molecule has 0 unspecified atom stereocenters. The summed E-state index contributed by atoms with van der Waals surface area (Å²) in [7, 11) is 1.85. The van der Waals surface area contributed by atoms with Gasteiger partial charge in [0.2, 0.25) is 5.91 Å². The van der Waals surface area contributed by atoms with Crippen LogP contribution in [0, 0.1) is 11.7 Å². The first-order valence-corrected chi connectivity index (χ1v) is 7.51. The molecule has 1 aromatic carbocycles. The third-order valence-corrected chi connectivity index (χ3v) is 3.78. The lowest BCUT2D eigenvalue weighted by molar-refractivity contribution is -0.135. The van der Waals surface area contributed by atoms with Gasteiger partial charge in [0.25, 0.3) is 0 Å². The molecule has 1 aliphatic rings. The second-order valence-corrected chi connectivity index (χ2v) is 5.44. The van der Waals surface area contributed by atoms with Crippen molar-refractivity contribution in [1.29, 1.82) is 0 Å². The Labute approximate surface area is 125 Å². The maximum absolute atomic E-state index is 12.7.